The van der Waals surface area contributed by atoms with Crippen molar-refractivity contribution >= 4 is 49.1 Å². The number of hydrogen-bond acceptors (Lipinski definition) is 6. The van der Waals surface area contributed by atoms with Crippen LogP contribution in [0.2, 0.25) is 0 Å². The van der Waals surface area contributed by atoms with Gasteiger partial charge >= 0.3 is 5.82 Å². The van der Waals surface area contributed by atoms with Gasteiger partial charge in [0, 0.05) is 11.8 Å². The van der Waals surface area contributed by atoms with Crippen molar-refractivity contribution in [3.05, 3.63) is 78.8 Å². The van der Waals surface area contributed by atoms with Crippen LogP contribution < -0.4 is 10.1 Å². The van der Waals surface area contributed by atoms with Gasteiger partial charge in [-0.1, -0.05) is 0 Å². The van der Waals surface area contributed by atoms with Gasteiger partial charge in [0.25, 0.3) is 0 Å². The van der Waals surface area contributed by atoms with Crippen LogP contribution in [0.4, 0.5) is 17.2 Å². The molecule has 0 bridgehead atoms. The first-order valence-electron chi connectivity index (χ1n) is 7.92. The maximum atomic E-state index is 11.3. The number of nitrogens with one attached hydrogen (secondary N) is 1. The number of anilines is 2. The van der Waals surface area contributed by atoms with Crippen molar-refractivity contribution in [2.45, 2.75) is 6.92 Å². The van der Waals surface area contributed by atoms with E-state index in [1.54, 1.807) is 24.3 Å². The number of rotatable bonds is 5. The summed E-state index contributed by atoms with van der Waals surface area (Å²) >= 11 is 6.91. The monoisotopic (exact) mass is 502 g/mol. The molecule has 0 aliphatic carbocycles. The Bertz CT molecular complexity index is 1070. The average Bonchev–Trinajstić information content (AvgIpc) is 2.65. The normalized spacial score (nSPS) is 10.2. The fourth-order valence-electron chi connectivity index (χ4n) is 2.42. The predicted molar refractivity (Wildman–Crippen MR) is 112 cm³/mol. The van der Waals surface area contributed by atoms with Gasteiger partial charge in [-0.2, -0.15) is 5.26 Å². The van der Waals surface area contributed by atoms with E-state index in [1.165, 1.54) is 12.3 Å². The Kier molecular flexibility index (Phi) is 5.92. The number of benzene rings is 2. The zero-order chi connectivity index (χ0) is 20.3. The van der Waals surface area contributed by atoms with Crippen LogP contribution in [0.3, 0.4) is 0 Å². The highest BCUT2D eigenvalue weighted by molar-refractivity contribution is 9.11. The third kappa shape index (κ3) is 4.47. The topological polar surface area (TPSA) is 101 Å². The molecule has 1 N–H and O–H groups in total. The Morgan fingerprint density at radius 3 is 2.39 bits per heavy atom. The fourth-order valence-corrected chi connectivity index (χ4v) is 3.99. The summed E-state index contributed by atoms with van der Waals surface area (Å²) in [5.74, 6) is 0.524. The molecule has 7 nitrogen and oxygen atoms in total. The number of hydrogen-bond donors (Lipinski definition) is 1. The molecular formula is C19H12Br2N4O3. The number of aryl methyl sites for hydroxylation is 1. The lowest BCUT2D eigenvalue weighted by atomic mass is 10.2. The Balaban J connectivity index is 1.95. The maximum Gasteiger partial charge on any atom is 0.387 e. The van der Waals surface area contributed by atoms with Gasteiger partial charge < -0.3 is 20.2 Å². The van der Waals surface area contributed by atoms with Crippen LogP contribution in [-0.2, 0) is 0 Å². The van der Waals surface area contributed by atoms with Crippen LogP contribution in [-0.4, -0.2) is 9.91 Å². The van der Waals surface area contributed by atoms with Crippen LogP contribution in [0.15, 0.2) is 57.6 Å². The molecule has 1 heterocycles. The summed E-state index contributed by atoms with van der Waals surface area (Å²) in [5.41, 5.74) is 2.28. The van der Waals surface area contributed by atoms with Crippen molar-refractivity contribution in [1.82, 2.24) is 4.98 Å². The Morgan fingerprint density at radius 2 is 1.82 bits per heavy atom. The zero-order valence-electron chi connectivity index (χ0n) is 14.4. The van der Waals surface area contributed by atoms with E-state index in [-0.39, 0.29) is 11.5 Å². The summed E-state index contributed by atoms with van der Waals surface area (Å²) in [7, 11) is 0. The van der Waals surface area contributed by atoms with Gasteiger partial charge in [0.05, 0.1) is 20.6 Å². The van der Waals surface area contributed by atoms with Crippen LogP contribution in [0.1, 0.15) is 11.1 Å². The van der Waals surface area contributed by atoms with Crippen molar-refractivity contribution in [3.8, 4) is 17.6 Å². The third-order valence-corrected chi connectivity index (χ3v) is 4.85. The summed E-state index contributed by atoms with van der Waals surface area (Å²) in [5, 5.41) is 23.2. The van der Waals surface area contributed by atoms with Crippen LogP contribution in [0.5, 0.6) is 11.5 Å². The van der Waals surface area contributed by atoms with Crippen molar-refractivity contribution in [2.75, 3.05) is 5.32 Å². The lowest BCUT2D eigenvalue weighted by Crippen LogP contribution is -2.00. The molecule has 1 aromatic heterocycles. The van der Waals surface area contributed by atoms with E-state index in [0.717, 1.165) is 14.5 Å². The molecule has 0 amide bonds. The van der Waals surface area contributed by atoms with Crippen molar-refractivity contribution in [1.29, 1.82) is 5.26 Å². The van der Waals surface area contributed by atoms with E-state index in [9.17, 15) is 10.1 Å². The molecule has 2 aromatic carbocycles. The predicted octanol–water partition coefficient (Wildman–Crippen LogP) is 6.23. The molecule has 0 fully saturated rings. The summed E-state index contributed by atoms with van der Waals surface area (Å²) in [4.78, 5) is 14.7. The number of nitriles is 1. The molecule has 0 saturated heterocycles. The fraction of sp³-hybridized carbons (Fsp3) is 0.0526. The Hall–Kier alpha value is -2.96. The van der Waals surface area contributed by atoms with Crippen molar-refractivity contribution in [3.63, 3.8) is 0 Å². The first-order chi connectivity index (χ1) is 13.4. The van der Waals surface area contributed by atoms with Gasteiger partial charge in [0.2, 0.25) is 0 Å². The van der Waals surface area contributed by atoms with Crippen LogP contribution in [0, 0.1) is 28.4 Å². The number of nitro groups is 1. The minimum absolute atomic E-state index is 0.173. The van der Waals surface area contributed by atoms with Gasteiger partial charge in [0.1, 0.15) is 5.69 Å². The molecule has 3 rings (SSSR count). The van der Waals surface area contributed by atoms with E-state index in [0.29, 0.717) is 22.7 Å². The second kappa shape index (κ2) is 8.37. The highest BCUT2D eigenvalue weighted by Crippen LogP contribution is 2.39. The lowest BCUT2D eigenvalue weighted by molar-refractivity contribution is -0.388. The minimum atomic E-state index is -0.576. The van der Waals surface area contributed by atoms with E-state index in [1.807, 2.05) is 25.1 Å². The number of halogens is 2. The van der Waals surface area contributed by atoms with Crippen molar-refractivity contribution < 1.29 is 9.66 Å². The Morgan fingerprint density at radius 1 is 1.18 bits per heavy atom. The zero-order valence-corrected chi connectivity index (χ0v) is 17.6. The summed E-state index contributed by atoms with van der Waals surface area (Å²) < 4.78 is 7.35. The molecule has 0 aliphatic heterocycles. The van der Waals surface area contributed by atoms with Gasteiger partial charge in [-0.15, -0.1) is 0 Å². The molecule has 140 valence electrons. The smallest absolute Gasteiger partial charge is 0.387 e. The lowest BCUT2D eigenvalue weighted by Gasteiger charge is -2.12. The molecule has 9 heteroatoms. The second-order valence-corrected chi connectivity index (χ2v) is 7.48. The number of aromatic nitrogens is 1. The first kappa shape index (κ1) is 19.8. The maximum absolute atomic E-state index is 11.3. The quantitative estimate of drug-likeness (QED) is 0.327. The molecule has 0 atom stereocenters. The van der Waals surface area contributed by atoms with Gasteiger partial charge in [-0.05, 0) is 90.7 Å². The van der Waals surface area contributed by atoms with Gasteiger partial charge in [-0.3, -0.25) is 0 Å². The van der Waals surface area contributed by atoms with Gasteiger partial charge in [-0.25, -0.2) is 0 Å². The Labute approximate surface area is 177 Å². The average molecular weight is 504 g/mol. The first-order valence-corrected chi connectivity index (χ1v) is 9.51. The molecule has 0 unspecified atom stereocenters. The van der Waals surface area contributed by atoms with E-state index in [4.69, 9.17) is 10.00 Å². The molecule has 28 heavy (non-hydrogen) atoms. The molecule has 0 aliphatic rings. The van der Waals surface area contributed by atoms with Crippen LogP contribution in [0.25, 0.3) is 0 Å². The second-order valence-electron chi connectivity index (χ2n) is 5.77. The van der Waals surface area contributed by atoms with E-state index >= 15 is 0 Å². The SMILES string of the molecule is Cc1cc(Br)c(Oc2cnc([N+](=O)[O-])c(Nc3ccc(C#N)cc3)c2)c(Br)c1. The van der Waals surface area contributed by atoms with E-state index < -0.39 is 4.92 Å². The number of nitrogens with zero attached hydrogens (tertiary/aromatic N) is 3. The van der Waals surface area contributed by atoms with Gasteiger partial charge in [0.15, 0.2) is 17.7 Å². The molecule has 0 saturated carbocycles. The summed E-state index contributed by atoms with van der Waals surface area (Å²) in [6, 6.07) is 13.9. The molecule has 0 spiro atoms. The summed E-state index contributed by atoms with van der Waals surface area (Å²) in [6.07, 6.45) is 1.29. The van der Waals surface area contributed by atoms with Crippen molar-refractivity contribution in [2.24, 2.45) is 0 Å². The molecule has 0 radical (unpaired) electrons. The highest BCUT2D eigenvalue weighted by Gasteiger charge is 2.19. The third-order valence-electron chi connectivity index (χ3n) is 3.67. The van der Waals surface area contributed by atoms with Crippen LogP contribution >= 0.6 is 31.9 Å². The standard InChI is InChI=1S/C19H12Br2N4O3/c1-11-6-15(20)18(16(21)7-11)28-14-8-17(19(23-10-14)25(26)27)24-13-4-2-12(9-22)3-5-13/h2-8,10,24H,1H3. The molecule has 3 aromatic rings. The molecular weight excluding hydrogens is 492 g/mol. The number of ether oxygens (including phenoxy) is 1. The minimum Gasteiger partial charge on any atom is -0.451 e. The largest absolute Gasteiger partial charge is 0.451 e. The highest BCUT2D eigenvalue weighted by atomic mass is 79.9. The summed E-state index contributed by atoms with van der Waals surface area (Å²) in [6.45, 7) is 1.95. The van der Waals surface area contributed by atoms with E-state index in [2.05, 4.69) is 42.2 Å². The number of pyridine rings is 1.